The normalized spacial score (nSPS) is 11.2. The lowest BCUT2D eigenvalue weighted by Gasteiger charge is -2.15. The van der Waals surface area contributed by atoms with Crippen molar-refractivity contribution in [1.29, 1.82) is 0 Å². The Morgan fingerprint density at radius 2 is 1.50 bits per heavy atom. The summed E-state index contributed by atoms with van der Waals surface area (Å²) in [6.07, 6.45) is -0.845. The topological polar surface area (TPSA) is 105 Å². The minimum atomic E-state index is -1.23. The van der Waals surface area contributed by atoms with Crippen molar-refractivity contribution in [2.75, 3.05) is 0 Å². The van der Waals surface area contributed by atoms with Gasteiger partial charge in [0.2, 0.25) is 0 Å². The predicted octanol–water partition coefficient (Wildman–Crippen LogP) is 1.61. The predicted molar refractivity (Wildman–Crippen MR) is 85.5 cm³/mol. The average molecular weight is 328 g/mol. The maximum Gasteiger partial charge on any atom is 0.336 e. The number of carbonyl (C=O) groups excluding carboxylic acids is 2. The molecule has 0 fully saturated rings. The van der Waals surface area contributed by atoms with Crippen molar-refractivity contribution < 1.29 is 24.2 Å². The highest BCUT2D eigenvalue weighted by Gasteiger charge is 2.18. The first-order chi connectivity index (χ1) is 11.5. The number of carboxylic acid groups (broad SMARTS) is 1. The van der Waals surface area contributed by atoms with E-state index in [0.717, 1.165) is 0 Å². The van der Waals surface area contributed by atoms with Crippen LogP contribution in [0.2, 0.25) is 0 Å². The Labute approximate surface area is 138 Å². The summed E-state index contributed by atoms with van der Waals surface area (Å²) >= 11 is 0. The van der Waals surface area contributed by atoms with Crippen molar-refractivity contribution in [3.05, 3.63) is 65.7 Å². The summed E-state index contributed by atoms with van der Waals surface area (Å²) in [5, 5.41) is 9.06. The van der Waals surface area contributed by atoms with Gasteiger partial charge in [-0.2, -0.15) is 0 Å². The molecule has 0 spiro atoms. The van der Waals surface area contributed by atoms with Crippen molar-refractivity contribution in [3.8, 4) is 5.75 Å². The van der Waals surface area contributed by atoms with E-state index in [-0.39, 0.29) is 11.1 Å². The molecule has 7 nitrogen and oxygen atoms in total. The third-order valence-electron chi connectivity index (χ3n) is 3.13. The zero-order valence-corrected chi connectivity index (χ0v) is 12.9. The Balaban J connectivity index is 1.94. The largest absolute Gasteiger partial charge is 0.481 e. The van der Waals surface area contributed by atoms with Crippen molar-refractivity contribution in [1.82, 2.24) is 10.9 Å². The maximum absolute atomic E-state index is 12.0. The summed E-state index contributed by atoms with van der Waals surface area (Å²) in [6, 6.07) is 14.5. The molecular weight excluding hydrogens is 312 g/mol. The van der Waals surface area contributed by atoms with E-state index in [1.165, 1.54) is 31.2 Å². The number of nitrogens with one attached hydrogen (secondary N) is 2. The zero-order chi connectivity index (χ0) is 17.5. The molecule has 0 radical (unpaired) electrons. The van der Waals surface area contributed by atoms with Gasteiger partial charge in [0.25, 0.3) is 11.8 Å². The maximum atomic E-state index is 12.0. The number of benzene rings is 2. The SMILES string of the molecule is C[C@H](Oc1ccccc1)C(=O)NNC(=O)c1ccccc1C(=O)O. The fourth-order valence-corrected chi connectivity index (χ4v) is 1.91. The monoisotopic (exact) mass is 328 g/mol. The third kappa shape index (κ3) is 4.33. The molecule has 7 heteroatoms. The van der Waals surface area contributed by atoms with Gasteiger partial charge in [0.1, 0.15) is 5.75 Å². The molecule has 0 unspecified atom stereocenters. The van der Waals surface area contributed by atoms with Crippen LogP contribution in [-0.4, -0.2) is 29.0 Å². The highest BCUT2D eigenvalue weighted by molar-refractivity contribution is 6.05. The Morgan fingerprint density at radius 3 is 2.12 bits per heavy atom. The highest BCUT2D eigenvalue weighted by Crippen LogP contribution is 2.11. The van der Waals surface area contributed by atoms with Crippen LogP contribution in [0.3, 0.4) is 0 Å². The zero-order valence-electron chi connectivity index (χ0n) is 12.9. The summed E-state index contributed by atoms with van der Waals surface area (Å²) in [7, 11) is 0. The number of carboxylic acids is 1. The number of amides is 2. The fraction of sp³-hybridized carbons (Fsp3) is 0.118. The molecular formula is C17H16N2O5. The lowest BCUT2D eigenvalue weighted by Crippen LogP contribution is -2.47. The van der Waals surface area contributed by atoms with Crippen LogP contribution in [0.1, 0.15) is 27.6 Å². The number of aromatic carboxylic acids is 1. The fourth-order valence-electron chi connectivity index (χ4n) is 1.91. The average Bonchev–Trinajstić information content (AvgIpc) is 2.60. The van der Waals surface area contributed by atoms with E-state index in [1.54, 1.807) is 24.3 Å². The van der Waals surface area contributed by atoms with E-state index < -0.39 is 23.9 Å². The molecule has 2 rings (SSSR count). The number of para-hydroxylation sites is 1. The second kappa shape index (κ2) is 7.77. The number of ether oxygens (including phenoxy) is 1. The lowest BCUT2D eigenvalue weighted by molar-refractivity contribution is -0.128. The standard InChI is InChI=1S/C17H16N2O5/c1-11(24-12-7-3-2-4-8-12)15(20)18-19-16(21)13-9-5-6-10-14(13)17(22)23/h2-11H,1H3,(H,18,20)(H,19,21)(H,22,23)/t11-/m0/s1. The molecule has 0 aromatic heterocycles. The van der Waals surface area contributed by atoms with E-state index in [0.29, 0.717) is 5.75 Å². The van der Waals surface area contributed by atoms with Gasteiger partial charge in [-0.3, -0.25) is 20.4 Å². The van der Waals surface area contributed by atoms with Gasteiger partial charge < -0.3 is 9.84 Å². The Bertz CT molecular complexity index is 746. The molecule has 0 aliphatic heterocycles. The van der Waals surface area contributed by atoms with E-state index in [2.05, 4.69) is 10.9 Å². The second-order valence-electron chi connectivity index (χ2n) is 4.87. The van der Waals surface area contributed by atoms with E-state index in [4.69, 9.17) is 9.84 Å². The second-order valence-corrected chi connectivity index (χ2v) is 4.87. The van der Waals surface area contributed by atoms with Crippen molar-refractivity contribution >= 4 is 17.8 Å². The molecule has 24 heavy (non-hydrogen) atoms. The first kappa shape index (κ1) is 17.0. The van der Waals surface area contributed by atoms with Gasteiger partial charge in [-0.1, -0.05) is 30.3 Å². The van der Waals surface area contributed by atoms with Crippen molar-refractivity contribution in [2.24, 2.45) is 0 Å². The number of rotatable bonds is 5. The van der Waals surface area contributed by atoms with E-state index in [1.807, 2.05) is 6.07 Å². The molecule has 0 bridgehead atoms. The van der Waals surface area contributed by atoms with Crippen LogP contribution in [0.5, 0.6) is 5.75 Å². The van der Waals surface area contributed by atoms with Gasteiger partial charge in [0.15, 0.2) is 6.10 Å². The molecule has 3 N–H and O–H groups in total. The summed E-state index contributed by atoms with van der Waals surface area (Å²) in [6.45, 7) is 1.53. The van der Waals surface area contributed by atoms with Gasteiger partial charge >= 0.3 is 5.97 Å². The third-order valence-corrected chi connectivity index (χ3v) is 3.13. The number of hydrogen-bond acceptors (Lipinski definition) is 4. The molecule has 2 amide bonds. The van der Waals surface area contributed by atoms with Crippen LogP contribution in [-0.2, 0) is 4.79 Å². The van der Waals surface area contributed by atoms with Gasteiger partial charge in [-0.25, -0.2) is 4.79 Å². The first-order valence-corrected chi connectivity index (χ1v) is 7.13. The van der Waals surface area contributed by atoms with Crippen LogP contribution in [0.25, 0.3) is 0 Å². The number of carbonyl (C=O) groups is 3. The van der Waals surface area contributed by atoms with Gasteiger partial charge in [0, 0.05) is 0 Å². The molecule has 0 saturated heterocycles. The Kier molecular flexibility index (Phi) is 5.51. The number of hydrazine groups is 1. The molecule has 124 valence electrons. The lowest BCUT2D eigenvalue weighted by atomic mass is 10.1. The molecule has 0 aliphatic carbocycles. The van der Waals surface area contributed by atoms with E-state index in [9.17, 15) is 14.4 Å². The van der Waals surface area contributed by atoms with Crippen LogP contribution in [0.4, 0.5) is 0 Å². The Morgan fingerprint density at radius 1 is 0.917 bits per heavy atom. The van der Waals surface area contributed by atoms with E-state index >= 15 is 0 Å². The molecule has 1 atom stereocenters. The summed E-state index contributed by atoms with van der Waals surface area (Å²) in [4.78, 5) is 35.0. The molecule has 2 aromatic rings. The number of hydrogen-bond donors (Lipinski definition) is 3. The quantitative estimate of drug-likeness (QED) is 0.723. The molecule has 2 aromatic carbocycles. The first-order valence-electron chi connectivity index (χ1n) is 7.13. The molecule has 0 heterocycles. The Hall–Kier alpha value is -3.35. The van der Waals surface area contributed by atoms with Crippen molar-refractivity contribution in [2.45, 2.75) is 13.0 Å². The summed E-state index contributed by atoms with van der Waals surface area (Å²) in [5.41, 5.74) is 4.18. The van der Waals surface area contributed by atoms with Crippen molar-refractivity contribution in [3.63, 3.8) is 0 Å². The van der Waals surface area contributed by atoms with Crippen LogP contribution in [0, 0.1) is 0 Å². The highest BCUT2D eigenvalue weighted by atomic mass is 16.5. The van der Waals surface area contributed by atoms with Crippen LogP contribution < -0.4 is 15.6 Å². The van der Waals surface area contributed by atoms with Gasteiger partial charge in [0.05, 0.1) is 11.1 Å². The van der Waals surface area contributed by atoms with Crippen LogP contribution in [0.15, 0.2) is 54.6 Å². The summed E-state index contributed by atoms with van der Waals surface area (Å²) < 4.78 is 5.42. The van der Waals surface area contributed by atoms with Crippen LogP contribution >= 0.6 is 0 Å². The minimum Gasteiger partial charge on any atom is -0.481 e. The molecule has 0 saturated carbocycles. The molecule has 0 aliphatic rings. The smallest absolute Gasteiger partial charge is 0.336 e. The van der Waals surface area contributed by atoms with Gasteiger partial charge in [-0.15, -0.1) is 0 Å². The minimum absolute atomic E-state index is 0.0538. The van der Waals surface area contributed by atoms with Gasteiger partial charge in [-0.05, 0) is 31.2 Å². The summed E-state index contributed by atoms with van der Waals surface area (Å²) in [5.74, 6) is -2.01.